The van der Waals surface area contributed by atoms with Gasteiger partial charge in [0.15, 0.2) is 0 Å². The van der Waals surface area contributed by atoms with Crippen LogP contribution in [0.5, 0.6) is 0 Å². The molecule has 2 unspecified atom stereocenters. The Morgan fingerprint density at radius 2 is 2.22 bits per heavy atom. The van der Waals surface area contributed by atoms with Crippen molar-refractivity contribution >= 4 is 17.6 Å². The smallest absolute Gasteiger partial charge is 0.310 e. The third kappa shape index (κ3) is 1.37. The molecule has 0 bridgehead atoms. The molecule has 1 amide bonds. The SMILES string of the molecule is COC(=O)C1CNC2(C1)C(=O)Nc1ccccc12. The van der Waals surface area contributed by atoms with Gasteiger partial charge in [-0.15, -0.1) is 0 Å². The van der Waals surface area contributed by atoms with Crippen LogP contribution in [0.2, 0.25) is 0 Å². The van der Waals surface area contributed by atoms with Crippen LogP contribution in [-0.2, 0) is 19.9 Å². The molecular weight excluding hydrogens is 232 g/mol. The predicted octanol–water partition coefficient (Wildman–Crippen LogP) is 0.616. The average molecular weight is 246 g/mol. The number of amides is 1. The molecule has 0 aromatic heterocycles. The minimum absolute atomic E-state index is 0.0879. The highest BCUT2D eigenvalue weighted by atomic mass is 16.5. The van der Waals surface area contributed by atoms with Gasteiger partial charge in [0.2, 0.25) is 5.91 Å². The Morgan fingerprint density at radius 1 is 1.44 bits per heavy atom. The lowest BCUT2D eigenvalue weighted by molar-refractivity contribution is -0.144. The first kappa shape index (κ1) is 11.2. The maximum Gasteiger partial charge on any atom is 0.310 e. The van der Waals surface area contributed by atoms with Crippen molar-refractivity contribution in [3.8, 4) is 0 Å². The van der Waals surface area contributed by atoms with E-state index in [0.29, 0.717) is 13.0 Å². The number of nitrogens with one attached hydrogen (secondary N) is 2. The van der Waals surface area contributed by atoms with E-state index in [0.717, 1.165) is 11.3 Å². The Bertz CT molecular complexity index is 529. The first-order chi connectivity index (χ1) is 8.67. The van der Waals surface area contributed by atoms with Gasteiger partial charge in [0.05, 0.1) is 13.0 Å². The molecule has 2 N–H and O–H groups in total. The van der Waals surface area contributed by atoms with Crippen LogP contribution >= 0.6 is 0 Å². The minimum atomic E-state index is -0.768. The summed E-state index contributed by atoms with van der Waals surface area (Å²) in [5.41, 5.74) is 0.969. The van der Waals surface area contributed by atoms with Crippen LogP contribution in [0.15, 0.2) is 24.3 Å². The maximum atomic E-state index is 12.2. The number of para-hydroxylation sites is 1. The molecule has 5 nitrogen and oxygen atoms in total. The Morgan fingerprint density at radius 3 is 3.00 bits per heavy atom. The second-order valence-electron chi connectivity index (χ2n) is 4.71. The van der Waals surface area contributed by atoms with Gasteiger partial charge < -0.3 is 10.1 Å². The molecule has 18 heavy (non-hydrogen) atoms. The highest BCUT2D eigenvalue weighted by Gasteiger charge is 2.53. The summed E-state index contributed by atoms with van der Waals surface area (Å²) in [5.74, 6) is -0.626. The zero-order valence-corrected chi connectivity index (χ0v) is 10.0. The fourth-order valence-electron chi connectivity index (χ4n) is 2.84. The molecule has 0 saturated carbocycles. The van der Waals surface area contributed by atoms with Crippen molar-refractivity contribution in [2.45, 2.75) is 12.0 Å². The Hall–Kier alpha value is -1.88. The standard InChI is InChI=1S/C13H14N2O3/c1-18-11(16)8-6-13(14-7-8)9-4-2-3-5-10(9)15-12(13)17/h2-5,8,14H,6-7H2,1H3,(H,15,17). The molecule has 0 radical (unpaired) electrons. The molecule has 0 aliphatic carbocycles. The molecule has 2 heterocycles. The number of rotatable bonds is 1. The summed E-state index contributed by atoms with van der Waals surface area (Å²) in [6.07, 6.45) is 0.447. The van der Waals surface area contributed by atoms with Gasteiger partial charge in [-0.1, -0.05) is 18.2 Å². The van der Waals surface area contributed by atoms with Crippen molar-refractivity contribution in [1.82, 2.24) is 5.32 Å². The Kier molecular flexibility index (Phi) is 2.38. The van der Waals surface area contributed by atoms with Crippen molar-refractivity contribution in [3.63, 3.8) is 0 Å². The zero-order chi connectivity index (χ0) is 12.8. The normalized spacial score (nSPS) is 29.2. The van der Waals surface area contributed by atoms with Crippen LogP contribution in [-0.4, -0.2) is 25.5 Å². The number of esters is 1. The number of hydrogen-bond acceptors (Lipinski definition) is 4. The summed E-state index contributed by atoms with van der Waals surface area (Å²) in [7, 11) is 1.37. The van der Waals surface area contributed by atoms with E-state index < -0.39 is 5.54 Å². The molecular formula is C13H14N2O3. The van der Waals surface area contributed by atoms with E-state index in [1.807, 2.05) is 24.3 Å². The van der Waals surface area contributed by atoms with E-state index in [-0.39, 0.29) is 17.8 Å². The Balaban J connectivity index is 1.97. The van der Waals surface area contributed by atoms with Crippen molar-refractivity contribution in [3.05, 3.63) is 29.8 Å². The molecule has 1 aromatic carbocycles. The van der Waals surface area contributed by atoms with E-state index in [9.17, 15) is 9.59 Å². The minimum Gasteiger partial charge on any atom is -0.469 e. The van der Waals surface area contributed by atoms with Crippen LogP contribution in [0.1, 0.15) is 12.0 Å². The lowest BCUT2D eigenvalue weighted by Crippen LogP contribution is -2.43. The lowest BCUT2D eigenvalue weighted by Gasteiger charge is -2.21. The van der Waals surface area contributed by atoms with Gasteiger partial charge in [-0.25, -0.2) is 0 Å². The van der Waals surface area contributed by atoms with Gasteiger partial charge in [0, 0.05) is 17.8 Å². The molecule has 3 rings (SSSR count). The number of ether oxygens (including phenoxy) is 1. The van der Waals surface area contributed by atoms with Crippen LogP contribution in [0.25, 0.3) is 0 Å². The van der Waals surface area contributed by atoms with Gasteiger partial charge in [-0.05, 0) is 12.5 Å². The van der Waals surface area contributed by atoms with Crippen molar-refractivity contribution in [1.29, 1.82) is 0 Å². The summed E-state index contributed by atoms with van der Waals surface area (Å²) in [5, 5.41) is 6.04. The van der Waals surface area contributed by atoms with Crippen LogP contribution in [0.4, 0.5) is 5.69 Å². The highest BCUT2D eigenvalue weighted by Crippen LogP contribution is 2.43. The van der Waals surface area contributed by atoms with E-state index in [4.69, 9.17) is 4.74 Å². The fourth-order valence-corrected chi connectivity index (χ4v) is 2.84. The van der Waals surface area contributed by atoms with Crippen molar-refractivity contribution in [2.24, 2.45) is 5.92 Å². The molecule has 94 valence electrons. The monoisotopic (exact) mass is 246 g/mol. The number of hydrogen-bond donors (Lipinski definition) is 2. The number of carbonyl (C=O) groups is 2. The second-order valence-corrected chi connectivity index (χ2v) is 4.71. The number of methoxy groups -OCH3 is 1. The number of benzene rings is 1. The zero-order valence-electron chi connectivity index (χ0n) is 10.0. The highest BCUT2D eigenvalue weighted by molar-refractivity contribution is 6.06. The molecule has 2 aliphatic rings. The van der Waals surface area contributed by atoms with E-state index in [2.05, 4.69) is 10.6 Å². The first-order valence-corrected chi connectivity index (χ1v) is 5.91. The third-order valence-electron chi connectivity index (χ3n) is 3.76. The summed E-state index contributed by atoms with van der Waals surface area (Å²) in [6, 6.07) is 7.56. The first-order valence-electron chi connectivity index (χ1n) is 5.91. The van der Waals surface area contributed by atoms with Gasteiger partial charge in [0.25, 0.3) is 0 Å². The maximum absolute atomic E-state index is 12.2. The number of anilines is 1. The fraction of sp³-hybridized carbons (Fsp3) is 0.385. The summed E-state index contributed by atoms with van der Waals surface area (Å²) >= 11 is 0. The van der Waals surface area contributed by atoms with Gasteiger partial charge in [-0.3, -0.25) is 14.9 Å². The van der Waals surface area contributed by atoms with Gasteiger partial charge in [0.1, 0.15) is 5.54 Å². The van der Waals surface area contributed by atoms with E-state index in [1.54, 1.807) is 0 Å². The van der Waals surface area contributed by atoms with E-state index in [1.165, 1.54) is 7.11 Å². The van der Waals surface area contributed by atoms with Gasteiger partial charge in [-0.2, -0.15) is 0 Å². The molecule has 1 fully saturated rings. The molecule has 2 aliphatic heterocycles. The Labute approximate surface area is 105 Å². The predicted molar refractivity (Wildman–Crippen MR) is 64.9 cm³/mol. The van der Waals surface area contributed by atoms with Crippen molar-refractivity contribution < 1.29 is 14.3 Å². The van der Waals surface area contributed by atoms with Gasteiger partial charge >= 0.3 is 5.97 Å². The third-order valence-corrected chi connectivity index (χ3v) is 3.76. The molecule has 2 atom stereocenters. The summed E-state index contributed by atoms with van der Waals surface area (Å²) in [6.45, 7) is 0.467. The second kappa shape index (κ2) is 3.81. The van der Waals surface area contributed by atoms with Crippen LogP contribution < -0.4 is 10.6 Å². The molecule has 1 saturated heterocycles. The lowest BCUT2D eigenvalue weighted by atomic mass is 9.87. The van der Waals surface area contributed by atoms with E-state index >= 15 is 0 Å². The number of fused-ring (bicyclic) bond motifs is 2. The quantitative estimate of drug-likeness (QED) is 0.713. The summed E-state index contributed by atoms with van der Waals surface area (Å²) in [4.78, 5) is 23.8. The molecule has 1 spiro atoms. The molecule has 1 aromatic rings. The van der Waals surface area contributed by atoms with Crippen molar-refractivity contribution in [2.75, 3.05) is 19.0 Å². The average Bonchev–Trinajstić information content (AvgIpc) is 2.94. The summed E-state index contributed by atoms with van der Waals surface area (Å²) < 4.78 is 4.75. The largest absolute Gasteiger partial charge is 0.469 e. The number of carbonyl (C=O) groups excluding carboxylic acids is 2. The van der Waals surface area contributed by atoms with Crippen LogP contribution in [0.3, 0.4) is 0 Å². The molecule has 5 heteroatoms. The topological polar surface area (TPSA) is 67.4 Å². The van der Waals surface area contributed by atoms with Crippen LogP contribution in [0, 0.1) is 5.92 Å².